The molecule has 2 aliphatic heterocycles. The third-order valence-electron chi connectivity index (χ3n) is 6.56. The highest BCUT2D eigenvalue weighted by molar-refractivity contribution is 6.04. The molecule has 1 atom stereocenters. The van der Waals surface area contributed by atoms with Crippen LogP contribution in [0.5, 0.6) is 5.75 Å². The molecule has 35 heavy (non-hydrogen) atoms. The Balaban J connectivity index is 1.46. The van der Waals surface area contributed by atoms with E-state index >= 15 is 0 Å². The summed E-state index contributed by atoms with van der Waals surface area (Å²) in [7, 11) is 0. The summed E-state index contributed by atoms with van der Waals surface area (Å²) in [5, 5.41) is 8.71. The third-order valence-corrected chi connectivity index (χ3v) is 6.56. The van der Waals surface area contributed by atoms with E-state index in [1.807, 2.05) is 31.2 Å². The molecule has 2 saturated heterocycles. The SMILES string of the molecule is CCOc1ccc(NC(=O)Nc2ccc(N3CCC(C)CC3)c(C(=O)NC[C@H]3CCCO3)c2)cc1. The van der Waals surface area contributed by atoms with Crippen molar-refractivity contribution in [2.45, 2.75) is 45.6 Å². The molecule has 0 unspecified atom stereocenters. The smallest absolute Gasteiger partial charge is 0.323 e. The molecule has 2 aliphatic rings. The molecule has 188 valence electrons. The number of nitrogens with one attached hydrogen (secondary N) is 3. The predicted molar refractivity (Wildman–Crippen MR) is 139 cm³/mol. The van der Waals surface area contributed by atoms with E-state index in [4.69, 9.17) is 9.47 Å². The van der Waals surface area contributed by atoms with Gasteiger partial charge in [0.1, 0.15) is 5.75 Å². The largest absolute Gasteiger partial charge is 0.494 e. The number of piperidine rings is 1. The highest BCUT2D eigenvalue weighted by atomic mass is 16.5. The van der Waals surface area contributed by atoms with Crippen molar-refractivity contribution in [1.29, 1.82) is 0 Å². The number of benzene rings is 2. The second-order valence-corrected chi connectivity index (χ2v) is 9.28. The van der Waals surface area contributed by atoms with Gasteiger partial charge in [0.05, 0.1) is 18.3 Å². The Morgan fingerprint density at radius 3 is 2.43 bits per heavy atom. The second kappa shape index (κ2) is 11.9. The molecule has 2 aromatic rings. The van der Waals surface area contributed by atoms with Crippen molar-refractivity contribution in [3.05, 3.63) is 48.0 Å². The van der Waals surface area contributed by atoms with Gasteiger partial charge in [-0.1, -0.05) is 6.92 Å². The van der Waals surface area contributed by atoms with Gasteiger partial charge in [-0.15, -0.1) is 0 Å². The molecule has 4 rings (SSSR count). The minimum absolute atomic E-state index is 0.0689. The van der Waals surface area contributed by atoms with Crippen LogP contribution in [0.25, 0.3) is 0 Å². The van der Waals surface area contributed by atoms with Crippen LogP contribution in [0, 0.1) is 5.92 Å². The van der Waals surface area contributed by atoms with Gasteiger partial charge < -0.3 is 30.3 Å². The van der Waals surface area contributed by atoms with Crippen LogP contribution >= 0.6 is 0 Å². The lowest BCUT2D eigenvalue weighted by atomic mass is 9.97. The van der Waals surface area contributed by atoms with Crippen molar-refractivity contribution >= 4 is 29.0 Å². The molecule has 0 bridgehead atoms. The predicted octanol–water partition coefficient (Wildman–Crippen LogP) is 4.87. The minimum Gasteiger partial charge on any atom is -0.494 e. The van der Waals surface area contributed by atoms with Gasteiger partial charge in [-0.05, 0) is 81.0 Å². The van der Waals surface area contributed by atoms with Gasteiger partial charge in [-0.25, -0.2) is 4.79 Å². The van der Waals surface area contributed by atoms with E-state index in [9.17, 15) is 9.59 Å². The van der Waals surface area contributed by atoms with E-state index in [-0.39, 0.29) is 18.0 Å². The van der Waals surface area contributed by atoms with Crippen LogP contribution in [0.3, 0.4) is 0 Å². The summed E-state index contributed by atoms with van der Waals surface area (Å²) < 4.78 is 11.1. The van der Waals surface area contributed by atoms with E-state index in [1.165, 1.54) is 0 Å². The minimum atomic E-state index is -0.376. The Labute approximate surface area is 207 Å². The number of hydrogen-bond acceptors (Lipinski definition) is 5. The summed E-state index contributed by atoms with van der Waals surface area (Å²) in [6, 6.07) is 12.4. The molecular formula is C27H36N4O4. The summed E-state index contributed by atoms with van der Waals surface area (Å²) in [4.78, 5) is 28.1. The maximum absolute atomic E-state index is 13.2. The molecule has 8 nitrogen and oxygen atoms in total. The number of nitrogens with zero attached hydrogens (tertiary/aromatic N) is 1. The average molecular weight is 481 g/mol. The first kappa shape index (κ1) is 24.9. The Kier molecular flexibility index (Phi) is 8.47. The fourth-order valence-electron chi connectivity index (χ4n) is 4.52. The Morgan fingerprint density at radius 2 is 1.74 bits per heavy atom. The Morgan fingerprint density at radius 1 is 1.03 bits per heavy atom. The molecule has 2 fully saturated rings. The van der Waals surface area contributed by atoms with Gasteiger partial charge in [0, 0.05) is 43.3 Å². The second-order valence-electron chi connectivity index (χ2n) is 9.28. The van der Waals surface area contributed by atoms with E-state index in [1.54, 1.807) is 18.2 Å². The third kappa shape index (κ3) is 6.88. The molecule has 0 spiro atoms. The zero-order valence-electron chi connectivity index (χ0n) is 20.6. The Bertz CT molecular complexity index is 997. The number of anilines is 3. The quantitative estimate of drug-likeness (QED) is 0.501. The number of ether oxygens (including phenoxy) is 2. The molecule has 3 N–H and O–H groups in total. The zero-order chi connectivity index (χ0) is 24.6. The Hall–Kier alpha value is -3.26. The lowest BCUT2D eigenvalue weighted by molar-refractivity contribution is 0.0858. The van der Waals surface area contributed by atoms with E-state index in [2.05, 4.69) is 27.8 Å². The van der Waals surface area contributed by atoms with Crippen molar-refractivity contribution in [1.82, 2.24) is 5.32 Å². The first-order chi connectivity index (χ1) is 17.0. The van der Waals surface area contributed by atoms with Crippen molar-refractivity contribution < 1.29 is 19.1 Å². The van der Waals surface area contributed by atoms with Gasteiger partial charge >= 0.3 is 6.03 Å². The van der Waals surface area contributed by atoms with E-state index < -0.39 is 0 Å². The summed E-state index contributed by atoms with van der Waals surface area (Å²) in [6.07, 6.45) is 4.26. The summed E-state index contributed by atoms with van der Waals surface area (Å²) in [6.45, 7) is 7.85. The molecule has 8 heteroatoms. The number of rotatable bonds is 8. The number of amides is 3. The molecule has 2 aromatic carbocycles. The highest BCUT2D eigenvalue weighted by Crippen LogP contribution is 2.29. The molecule has 0 aliphatic carbocycles. The van der Waals surface area contributed by atoms with Crippen LogP contribution in [0.2, 0.25) is 0 Å². The number of urea groups is 1. The van der Waals surface area contributed by atoms with Crippen LogP contribution < -0.4 is 25.6 Å². The normalized spacial score (nSPS) is 18.2. The molecule has 0 saturated carbocycles. The van der Waals surface area contributed by atoms with Gasteiger partial charge in [-0.3, -0.25) is 4.79 Å². The van der Waals surface area contributed by atoms with Crippen molar-refractivity contribution in [2.75, 3.05) is 48.4 Å². The van der Waals surface area contributed by atoms with Crippen LogP contribution in [0.15, 0.2) is 42.5 Å². The first-order valence-corrected chi connectivity index (χ1v) is 12.6. The molecular weight excluding hydrogens is 444 g/mol. The number of carbonyl (C=O) groups is 2. The lowest BCUT2D eigenvalue weighted by Crippen LogP contribution is -2.36. The standard InChI is InChI=1S/C27H36N4O4/c1-3-34-22-9-6-20(7-10-22)29-27(33)30-21-8-11-25(31-14-12-19(2)13-15-31)24(17-21)26(32)28-18-23-5-4-16-35-23/h6-11,17,19,23H,3-5,12-16,18H2,1-2H3,(H,28,32)(H2,29,30,33)/t23-/m1/s1. The van der Waals surface area contributed by atoms with Gasteiger partial charge in [-0.2, -0.15) is 0 Å². The van der Waals surface area contributed by atoms with Crippen molar-refractivity contribution in [3.8, 4) is 5.75 Å². The van der Waals surface area contributed by atoms with E-state index in [0.717, 1.165) is 56.8 Å². The topological polar surface area (TPSA) is 91.9 Å². The summed E-state index contributed by atoms with van der Waals surface area (Å²) in [5.41, 5.74) is 2.68. The first-order valence-electron chi connectivity index (χ1n) is 12.6. The molecule has 0 radical (unpaired) electrons. The lowest BCUT2D eigenvalue weighted by Gasteiger charge is -2.33. The van der Waals surface area contributed by atoms with Crippen LogP contribution in [0.4, 0.5) is 21.9 Å². The summed E-state index contributed by atoms with van der Waals surface area (Å²) >= 11 is 0. The van der Waals surface area contributed by atoms with Crippen LogP contribution in [0.1, 0.15) is 49.9 Å². The maximum atomic E-state index is 13.2. The molecule has 0 aromatic heterocycles. The number of carbonyl (C=O) groups excluding carboxylic acids is 2. The van der Waals surface area contributed by atoms with E-state index in [0.29, 0.717) is 36.0 Å². The monoisotopic (exact) mass is 480 g/mol. The number of hydrogen-bond donors (Lipinski definition) is 3. The molecule has 3 amide bonds. The van der Waals surface area contributed by atoms with Gasteiger partial charge in [0.15, 0.2) is 0 Å². The van der Waals surface area contributed by atoms with Crippen molar-refractivity contribution in [2.24, 2.45) is 5.92 Å². The van der Waals surface area contributed by atoms with Crippen LogP contribution in [-0.4, -0.2) is 50.9 Å². The van der Waals surface area contributed by atoms with Crippen molar-refractivity contribution in [3.63, 3.8) is 0 Å². The molecule has 2 heterocycles. The summed E-state index contributed by atoms with van der Waals surface area (Å²) in [5.74, 6) is 1.29. The van der Waals surface area contributed by atoms with Gasteiger partial charge in [0.2, 0.25) is 0 Å². The highest BCUT2D eigenvalue weighted by Gasteiger charge is 2.23. The fourth-order valence-corrected chi connectivity index (χ4v) is 4.52. The fraction of sp³-hybridized carbons (Fsp3) is 0.481. The zero-order valence-corrected chi connectivity index (χ0v) is 20.6. The van der Waals surface area contributed by atoms with Gasteiger partial charge in [0.25, 0.3) is 5.91 Å². The maximum Gasteiger partial charge on any atom is 0.323 e. The van der Waals surface area contributed by atoms with Crippen LogP contribution in [-0.2, 0) is 4.74 Å². The average Bonchev–Trinajstić information content (AvgIpc) is 3.38.